The molecule has 0 saturated carbocycles. The van der Waals surface area contributed by atoms with E-state index in [1.54, 1.807) is 6.92 Å². The summed E-state index contributed by atoms with van der Waals surface area (Å²) in [5, 5.41) is 0. The van der Waals surface area contributed by atoms with Gasteiger partial charge >= 0.3 is 0 Å². The van der Waals surface area contributed by atoms with Gasteiger partial charge in [0, 0.05) is 24.7 Å². The molecule has 0 spiro atoms. The number of Topliss-reactive ketones (excluding diaryl/α,β-unsaturated/α-hetero) is 1. The molecule has 0 aliphatic heterocycles. The number of ketones is 1. The van der Waals surface area contributed by atoms with Gasteiger partial charge in [0.1, 0.15) is 0 Å². The maximum absolute atomic E-state index is 11.1. The van der Waals surface area contributed by atoms with Crippen molar-refractivity contribution in [3.05, 3.63) is 77.4 Å². The van der Waals surface area contributed by atoms with Crippen LogP contribution >= 0.6 is 0 Å². The molecular weight excluding hydrogens is 366 g/mol. The normalized spacial score (nSPS) is 9.70. The average Bonchev–Trinajstić information content (AvgIpc) is 2.80. The first-order valence-electron chi connectivity index (χ1n) is 11.2. The van der Waals surface area contributed by atoms with Crippen LogP contribution in [0.25, 0.3) is 5.57 Å². The molecule has 2 aromatic rings. The van der Waals surface area contributed by atoms with Crippen LogP contribution < -0.4 is 0 Å². The fourth-order valence-corrected chi connectivity index (χ4v) is 2.51. The van der Waals surface area contributed by atoms with Gasteiger partial charge in [-0.15, -0.1) is 0 Å². The van der Waals surface area contributed by atoms with Crippen LogP contribution in [0.4, 0.5) is 0 Å². The third kappa shape index (κ3) is 12.2. The van der Waals surface area contributed by atoms with Crippen LogP contribution in [0.5, 0.6) is 0 Å². The molecular formula is C28H43NO. The monoisotopic (exact) mass is 409 g/mol. The molecule has 2 heteroatoms. The van der Waals surface area contributed by atoms with Crippen molar-refractivity contribution in [1.29, 1.82) is 0 Å². The van der Waals surface area contributed by atoms with Crippen LogP contribution in [0.2, 0.25) is 0 Å². The van der Waals surface area contributed by atoms with Gasteiger partial charge in [0.15, 0.2) is 5.78 Å². The van der Waals surface area contributed by atoms with E-state index < -0.39 is 0 Å². The van der Waals surface area contributed by atoms with Gasteiger partial charge in [-0.25, -0.2) is 0 Å². The molecule has 0 N–H and O–H groups in total. The Labute approximate surface area is 186 Å². The zero-order chi connectivity index (χ0) is 23.5. The molecule has 0 heterocycles. The van der Waals surface area contributed by atoms with Crippen LogP contribution in [0.1, 0.15) is 88.9 Å². The number of allylic oxidation sites excluding steroid dienone is 1. The fraction of sp³-hybridized carbons (Fsp3) is 0.429. The summed E-state index contributed by atoms with van der Waals surface area (Å²) in [7, 11) is 1.82. The number of aliphatic imine (C=N–C) groups is 1. The molecule has 166 valence electrons. The Kier molecular flexibility index (Phi) is 18.4. The van der Waals surface area contributed by atoms with Crippen LogP contribution in [-0.2, 0) is 12.8 Å². The highest BCUT2D eigenvalue weighted by atomic mass is 16.1. The van der Waals surface area contributed by atoms with Crippen LogP contribution in [-0.4, -0.2) is 18.5 Å². The Morgan fingerprint density at radius 3 is 1.83 bits per heavy atom. The lowest BCUT2D eigenvalue weighted by atomic mass is 10.0. The molecule has 30 heavy (non-hydrogen) atoms. The highest BCUT2D eigenvalue weighted by Gasteiger charge is 2.01. The van der Waals surface area contributed by atoms with E-state index in [0.29, 0.717) is 0 Å². The molecule has 0 fully saturated rings. The van der Waals surface area contributed by atoms with E-state index in [0.717, 1.165) is 30.4 Å². The third-order valence-electron chi connectivity index (χ3n) is 4.32. The molecule has 0 atom stereocenters. The maximum atomic E-state index is 11.1. The van der Waals surface area contributed by atoms with Gasteiger partial charge in [-0.1, -0.05) is 102 Å². The van der Waals surface area contributed by atoms with Crippen molar-refractivity contribution in [2.45, 2.75) is 74.7 Å². The van der Waals surface area contributed by atoms with E-state index in [1.807, 2.05) is 65.9 Å². The predicted octanol–water partition coefficient (Wildman–Crippen LogP) is 8.25. The van der Waals surface area contributed by atoms with Crippen molar-refractivity contribution in [2.24, 2.45) is 4.99 Å². The van der Waals surface area contributed by atoms with Crippen molar-refractivity contribution in [2.75, 3.05) is 7.05 Å². The lowest BCUT2D eigenvalue weighted by Gasteiger charge is -2.03. The highest BCUT2D eigenvalue weighted by Crippen LogP contribution is 2.13. The first kappa shape index (κ1) is 29.7. The molecule has 0 radical (unpaired) electrons. The van der Waals surface area contributed by atoms with Crippen LogP contribution in [0.15, 0.2) is 60.1 Å². The minimum absolute atomic E-state index is 0.112. The first-order chi connectivity index (χ1) is 14.4. The summed E-state index contributed by atoms with van der Waals surface area (Å²) >= 11 is 0. The van der Waals surface area contributed by atoms with Crippen molar-refractivity contribution in [3.8, 4) is 0 Å². The third-order valence-corrected chi connectivity index (χ3v) is 4.32. The largest absolute Gasteiger partial charge is 0.297 e. The van der Waals surface area contributed by atoms with Crippen molar-refractivity contribution in [3.63, 3.8) is 0 Å². The second kappa shape index (κ2) is 18.5. The molecule has 0 unspecified atom stereocenters. The van der Waals surface area contributed by atoms with E-state index in [2.05, 4.69) is 49.7 Å². The number of benzene rings is 2. The van der Waals surface area contributed by atoms with Gasteiger partial charge in [-0.2, -0.15) is 0 Å². The second-order valence-electron chi connectivity index (χ2n) is 6.41. The Bertz CT molecular complexity index is 754. The summed E-state index contributed by atoms with van der Waals surface area (Å²) in [4.78, 5) is 15.3. The smallest absolute Gasteiger partial charge is 0.159 e. The molecule has 2 nitrogen and oxygen atoms in total. The van der Waals surface area contributed by atoms with Gasteiger partial charge < -0.3 is 0 Å². The molecule has 0 bridgehead atoms. The van der Waals surface area contributed by atoms with E-state index in [9.17, 15) is 4.79 Å². The summed E-state index contributed by atoms with van der Waals surface area (Å²) in [6.07, 6.45) is 2.96. The molecule has 0 saturated heterocycles. The van der Waals surface area contributed by atoms with Crippen LogP contribution in [0.3, 0.4) is 0 Å². The van der Waals surface area contributed by atoms with E-state index in [4.69, 9.17) is 0 Å². The number of carbonyl (C=O) groups excluding carboxylic acids is 1. The molecule has 0 aliphatic carbocycles. The SMILES string of the molecule is C=C(C)c1cccc(CC)c1.CC.CC.CCC(Cc1ccc(C(C)=O)cc1)=NC. The first-order valence-corrected chi connectivity index (χ1v) is 11.2. The quantitative estimate of drug-likeness (QED) is 0.349. The number of hydrogen-bond acceptors (Lipinski definition) is 2. The standard InChI is InChI=1S/C13H17NO.C11H14.2C2H6/c1-4-13(14-3)9-11-5-7-12(8-6-11)10(2)15;1-4-10-6-5-7-11(8-10)9(2)3;2*1-2/h5-8H,4,9H2,1-3H3;5-8H,2,4H2,1,3H3;2*1-2H3. The molecule has 2 rings (SSSR count). The summed E-state index contributed by atoms with van der Waals surface area (Å²) in [6, 6.07) is 16.3. The summed E-state index contributed by atoms with van der Waals surface area (Å²) in [5.41, 5.74) is 6.94. The maximum Gasteiger partial charge on any atom is 0.159 e. The number of hydrogen-bond donors (Lipinski definition) is 0. The Morgan fingerprint density at radius 1 is 0.867 bits per heavy atom. The van der Waals surface area contributed by atoms with E-state index in [-0.39, 0.29) is 5.78 Å². The molecule has 2 aromatic carbocycles. The zero-order valence-electron chi connectivity index (χ0n) is 20.8. The molecule has 0 aliphatic rings. The predicted molar refractivity (Wildman–Crippen MR) is 137 cm³/mol. The highest BCUT2D eigenvalue weighted by molar-refractivity contribution is 5.94. The Morgan fingerprint density at radius 2 is 1.43 bits per heavy atom. The van der Waals surface area contributed by atoms with Gasteiger partial charge in [0.25, 0.3) is 0 Å². The lowest BCUT2D eigenvalue weighted by molar-refractivity contribution is 0.101. The average molecular weight is 410 g/mol. The second-order valence-corrected chi connectivity index (χ2v) is 6.41. The summed E-state index contributed by atoms with van der Waals surface area (Å²) in [5.74, 6) is 0.112. The number of rotatable bonds is 6. The number of nitrogens with zero attached hydrogens (tertiary/aromatic N) is 1. The van der Waals surface area contributed by atoms with Crippen molar-refractivity contribution < 1.29 is 4.79 Å². The molecule has 0 amide bonds. The van der Waals surface area contributed by atoms with E-state index >= 15 is 0 Å². The number of carbonyl (C=O) groups is 1. The number of aryl methyl sites for hydroxylation is 1. The van der Waals surface area contributed by atoms with Gasteiger partial charge in [0.2, 0.25) is 0 Å². The van der Waals surface area contributed by atoms with E-state index in [1.165, 1.54) is 22.4 Å². The molecule has 0 aromatic heterocycles. The van der Waals surface area contributed by atoms with Gasteiger partial charge in [0.05, 0.1) is 0 Å². The topological polar surface area (TPSA) is 29.4 Å². The lowest BCUT2D eigenvalue weighted by Crippen LogP contribution is -2.01. The Hall–Kier alpha value is -2.48. The van der Waals surface area contributed by atoms with Gasteiger partial charge in [-0.3, -0.25) is 9.79 Å². The minimum Gasteiger partial charge on any atom is -0.297 e. The Balaban J connectivity index is 0. The van der Waals surface area contributed by atoms with Crippen LogP contribution in [0, 0.1) is 0 Å². The summed E-state index contributed by atoms with van der Waals surface area (Å²) < 4.78 is 0. The van der Waals surface area contributed by atoms with Crippen molar-refractivity contribution in [1.82, 2.24) is 0 Å². The van der Waals surface area contributed by atoms with Crippen molar-refractivity contribution >= 4 is 17.1 Å². The zero-order valence-corrected chi connectivity index (χ0v) is 20.8. The van der Waals surface area contributed by atoms with Gasteiger partial charge in [-0.05, 0) is 43.4 Å². The fourth-order valence-electron chi connectivity index (χ4n) is 2.51. The minimum atomic E-state index is 0.112. The summed E-state index contributed by atoms with van der Waals surface area (Å²) in [6.45, 7) is 19.8.